The third kappa shape index (κ3) is 2.83. The summed E-state index contributed by atoms with van der Waals surface area (Å²) in [5, 5.41) is 13.0. The fraction of sp³-hybridized carbons (Fsp3) is 0.300. The van der Waals surface area contributed by atoms with Crippen molar-refractivity contribution in [2.24, 2.45) is 0 Å². The summed E-state index contributed by atoms with van der Waals surface area (Å²) < 4.78 is 52.0. The smallest absolute Gasteiger partial charge is 0.306 e. The molecule has 1 N–H and O–H groups in total. The molecule has 0 unspecified atom stereocenters. The first kappa shape index (κ1) is 15.3. The Balaban J connectivity index is 2.51. The lowest BCUT2D eigenvalue weighted by Gasteiger charge is -2.25. The van der Waals surface area contributed by atoms with Gasteiger partial charge in [0.15, 0.2) is 0 Å². The molecule has 0 aromatic heterocycles. The van der Waals surface area contributed by atoms with Gasteiger partial charge in [-0.25, -0.2) is 12.8 Å². The second kappa shape index (κ2) is 5.33. The highest BCUT2D eigenvalue weighted by molar-refractivity contribution is 7.89. The highest BCUT2D eigenvalue weighted by Gasteiger charge is 2.33. The maximum Gasteiger partial charge on any atom is 0.306 e. The van der Waals surface area contributed by atoms with Crippen LogP contribution in [0.1, 0.15) is 0 Å². The van der Waals surface area contributed by atoms with Gasteiger partial charge >= 0.3 is 5.69 Å². The second-order valence-electron chi connectivity index (χ2n) is 4.18. The normalized spacial score (nSPS) is 16.6. The lowest BCUT2D eigenvalue weighted by atomic mass is 10.3. The number of nitro benzene ring substituents is 1. The molecule has 2 rings (SSSR count). The second-order valence-corrected chi connectivity index (χ2v) is 6.09. The number of halogens is 2. The van der Waals surface area contributed by atoms with E-state index in [1.54, 1.807) is 0 Å². The predicted octanol–water partition coefficient (Wildman–Crippen LogP) is -0.00650. The van der Waals surface area contributed by atoms with E-state index >= 15 is 0 Å². The average molecular weight is 321 g/mol. The third-order valence-corrected chi connectivity index (χ3v) is 4.68. The van der Waals surface area contributed by atoms with Crippen LogP contribution in [0.5, 0.6) is 0 Å². The topological polar surface area (TPSA) is 110 Å². The molecular formula is C10H9F2N3O5S. The van der Waals surface area contributed by atoms with Crippen LogP contribution in [0.25, 0.3) is 0 Å². The number of nitrogens with zero attached hydrogens (tertiary/aromatic N) is 2. The lowest BCUT2D eigenvalue weighted by molar-refractivity contribution is -0.387. The van der Waals surface area contributed by atoms with Crippen molar-refractivity contribution in [2.45, 2.75) is 4.90 Å². The van der Waals surface area contributed by atoms with Crippen molar-refractivity contribution >= 4 is 21.6 Å². The number of carbonyl (C=O) groups is 1. The van der Waals surface area contributed by atoms with Gasteiger partial charge in [-0.15, -0.1) is 0 Å². The van der Waals surface area contributed by atoms with Gasteiger partial charge in [0.05, 0.1) is 11.5 Å². The molecule has 1 aromatic rings. The van der Waals surface area contributed by atoms with Crippen molar-refractivity contribution in [2.75, 3.05) is 19.6 Å². The molecule has 0 atom stereocenters. The minimum absolute atomic E-state index is 0.0307. The number of rotatable bonds is 3. The van der Waals surface area contributed by atoms with Crippen molar-refractivity contribution in [1.82, 2.24) is 9.62 Å². The van der Waals surface area contributed by atoms with Crippen molar-refractivity contribution in [1.29, 1.82) is 0 Å². The highest BCUT2D eigenvalue weighted by atomic mass is 32.2. The fourth-order valence-electron chi connectivity index (χ4n) is 1.82. The number of nitro groups is 1. The van der Waals surface area contributed by atoms with Crippen LogP contribution in [0.4, 0.5) is 14.5 Å². The summed E-state index contributed by atoms with van der Waals surface area (Å²) in [6.45, 7) is -0.616. The van der Waals surface area contributed by atoms with E-state index in [1.807, 2.05) is 0 Å². The quantitative estimate of drug-likeness (QED) is 0.622. The Hall–Kier alpha value is -2.14. The molecule has 1 heterocycles. The van der Waals surface area contributed by atoms with E-state index in [-0.39, 0.29) is 19.2 Å². The van der Waals surface area contributed by atoms with Crippen LogP contribution in [0, 0.1) is 21.7 Å². The SMILES string of the molecule is O=C1CN(S(=O)(=O)c2cc([N+](=O)[O-])c(F)cc2F)CCN1. The van der Waals surface area contributed by atoms with E-state index in [0.717, 1.165) is 0 Å². The molecule has 1 aliphatic rings. The molecule has 0 aliphatic carbocycles. The number of nitrogens with one attached hydrogen (secondary N) is 1. The summed E-state index contributed by atoms with van der Waals surface area (Å²) in [4.78, 5) is 19.6. The molecule has 8 nitrogen and oxygen atoms in total. The molecule has 0 bridgehead atoms. The van der Waals surface area contributed by atoms with Crippen molar-refractivity contribution in [3.63, 3.8) is 0 Å². The number of sulfonamides is 1. The molecule has 1 saturated heterocycles. The van der Waals surface area contributed by atoms with E-state index in [9.17, 15) is 32.1 Å². The molecule has 11 heteroatoms. The van der Waals surface area contributed by atoms with Crippen LogP contribution in [0.15, 0.2) is 17.0 Å². The summed E-state index contributed by atoms with van der Waals surface area (Å²) in [6.07, 6.45) is 0. The van der Waals surface area contributed by atoms with Gasteiger partial charge in [-0.3, -0.25) is 14.9 Å². The Morgan fingerprint density at radius 1 is 1.29 bits per heavy atom. The molecule has 114 valence electrons. The van der Waals surface area contributed by atoms with Gasteiger partial charge in [0.25, 0.3) is 0 Å². The Bertz CT molecular complexity index is 722. The maximum atomic E-state index is 13.7. The van der Waals surface area contributed by atoms with Crippen LogP contribution in [0.2, 0.25) is 0 Å². The predicted molar refractivity (Wildman–Crippen MR) is 64.8 cm³/mol. The number of piperazine rings is 1. The number of benzene rings is 1. The Labute approximate surface area is 117 Å². The average Bonchev–Trinajstić information content (AvgIpc) is 2.37. The van der Waals surface area contributed by atoms with Gasteiger partial charge < -0.3 is 5.32 Å². The van der Waals surface area contributed by atoms with E-state index in [0.29, 0.717) is 10.4 Å². The van der Waals surface area contributed by atoms with Gasteiger partial charge in [-0.1, -0.05) is 0 Å². The summed E-state index contributed by atoms with van der Waals surface area (Å²) >= 11 is 0. The van der Waals surface area contributed by atoms with E-state index in [2.05, 4.69) is 5.32 Å². The minimum Gasteiger partial charge on any atom is -0.354 e. The third-order valence-electron chi connectivity index (χ3n) is 2.82. The molecule has 1 aliphatic heterocycles. The minimum atomic E-state index is -4.47. The molecular weight excluding hydrogens is 312 g/mol. The van der Waals surface area contributed by atoms with Crippen molar-refractivity contribution in [3.05, 3.63) is 33.9 Å². The van der Waals surface area contributed by atoms with Crippen LogP contribution in [-0.2, 0) is 14.8 Å². The Kier molecular flexibility index (Phi) is 3.87. The highest BCUT2D eigenvalue weighted by Crippen LogP contribution is 2.27. The van der Waals surface area contributed by atoms with E-state index in [1.165, 1.54) is 0 Å². The van der Waals surface area contributed by atoms with Crippen molar-refractivity contribution in [3.8, 4) is 0 Å². The summed E-state index contributed by atoms with van der Waals surface area (Å²) in [7, 11) is -4.47. The molecule has 0 spiro atoms. The van der Waals surface area contributed by atoms with Gasteiger partial charge in [0.2, 0.25) is 21.7 Å². The van der Waals surface area contributed by atoms with Gasteiger partial charge in [0, 0.05) is 25.2 Å². The number of hydrogen-bond donors (Lipinski definition) is 1. The largest absolute Gasteiger partial charge is 0.354 e. The Morgan fingerprint density at radius 2 is 1.95 bits per heavy atom. The van der Waals surface area contributed by atoms with Gasteiger partial charge in [0.1, 0.15) is 10.7 Å². The van der Waals surface area contributed by atoms with Crippen LogP contribution >= 0.6 is 0 Å². The molecule has 21 heavy (non-hydrogen) atoms. The Morgan fingerprint density at radius 3 is 2.52 bits per heavy atom. The zero-order chi connectivity index (χ0) is 15.8. The van der Waals surface area contributed by atoms with Crippen molar-refractivity contribution < 1.29 is 26.9 Å². The molecule has 1 aromatic carbocycles. The maximum absolute atomic E-state index is 13.7. The zero-order valence-electron chi connectivity index (χ0n) is 10.4. The molecule has 0 radical (unpaired) electrons. The van der Waals surface area contributed by atoms with E-state index in [4.69, 9.17) is 0 Å². The first-order valence-corrected chi connectivity index (χ1v) is 7.08. The summed E-state index contributed by atoms with van der Waals surface area (Å²) in [5.41, 5.74) is -1.16. The molecule has 0 saturated carbocycles. The van der Waals surface area contributed by atoms with Crippen LogP contribution in [-0.4, -0.2) is 43.2 Å². The first-order valence-electron chi connectivity index (χ1n) is 5.64. The monoisotopic (exact) mass is 321 g/mol. The molecule has 1 amide bonds. The summed E-state index contributed by atoms with van der Waals surface area (Å²) in [6, 6.07) is 0.446. The molecule has 1 fully saturated rings. The number of carbonyl (C=O) groups excluding carboxylic acids is 1. The number of hydrogen-bond acceptors (Lipinski definition) is 5. The van der Waals surface area contributed by atoms with Crippen LogP contribution in [0.3, 0.4) is 0 Å². The van der Waals surface area contributed by atoms with E-state index < -0.39 is 49.6 Å². The zero-order valence-corrected chi connectivity index (χ0v) is 11.2. The van der Waals surface area contributed by atoms with Gasteiger partial charge in [-0.05, 0) is 0 Å². The lowest BCUT2D eigenvalue weighted by Crippen LogP contribution is -2.49. The number of amides is 1. The van der Waals surface area contributed by atoms with Gasteiger partial charge in [-0.2, -0.15) is 8.70 Å². The summed E-state index contributed by atoms with van der Waals surface area (Å²) in [5.74, 6) is -3.52. The fourth-order valence-corrected chi connectivity index (χ4v) is 3.28. The van der Waals surface area contributed by atoms with Crippen LogP contribution < -0.4 is 5.32 Å². The standard InChI is InChI=1S/C10H9F2N3O5S/c11-6-3-7(12)9(4-8(6)15(17)18)21(19,20)14-2-1-13-10(16)5-14/h3-4H,1-2,5H2,(H,13,16). The first-order chi connectivity index (χ1) is 9.73.